The Bertz CT molecular complexity index is 836. The quantitative estimate of drug-likeness (QED) is 0.796. The molecule has 1 aliphatic rings. The molecule has 1 amide bonds. The van der Waals surface area contributed by atoms with E-state index in [0.717, 1.165) is 12.1 Å². The van der Waals surface area contributed by atoms with Crippen molar-refractivity contribution in [1.82, 2.24) is 15.3 Å². The number of amides is 1. The Morgan fingerprint density at radius 1 is 1.26 bits per heavy atom. The van der Waals surface area contributed by atoms with Gasteiger partial charge < -0.3 is 20.5 Å². The van der Waals surface area contributed by atoms with Gasteiger partial charge in [0.1, 0.15) is 22.9 Å². The van der Waals surface area contributed by atoms with Crippen molar-refractivity contribution in [2.75, 3.05) is 7.11 Å². The molecular formula is C17H17F3N4O3. The number of nitrogens with zero attached hydrogens (tertiary/aromatic N) is 2. The lowest BCUT2D eigenvalue weighted by molar-refractivity contribution is -0.138. The number of halogens is 3. The van der Waals surface area contributed by atoms with Crippen LogP contribution in [0.15, 0.2) is 30.6 Å². The Kier molecular flexibility index (Phi) is 4.92. The molecule has 1 aliphatic carbocycles. The number of hydrogen-bond acceptors (Lipinski definition) is 6. The Hall–Kier alpha value is -2.88. The largest absolute Gasteiger partial charge is 0.497 e. The number of aromatic nitrogens is 2. The molecule has 27 heavy (non-hydrogen) atoms. The standard InChI is InChI=1S/C17H17F3N4O3/c1-26-10-2-3-13(12(6-10)17(18,19)20)27-11-7-22-14(23-8-11)9-24-15(25)16(21)4-5-16/h2-3,6-8H,4-5,9,21H2,1H3,(H,24,25). The molecule has 0 atom stereocenters. The number of carbonyl (C=O) groups is 1. The Balaban J connectivity index is 1.68. The van der Waals surface area contributed by atoms with E-state index in [1.54, 1.807) is 0 Å². The summed E-state index contributed by atoms with van der Waals surface area (Å²) in [6.45, 7) is 0.0639. The van der Waals surface area contributed by atoms with E-state index >= 15 is 0 Å². The maximum Gasteiger partial charge on any atom is 0.420 e. The number of hydrogen-bond donors (Lipinski definition) is 2. The topological polar surface area (TPSA) is 99.4 Å². The summed E-state index contributed by atoms with van der Waals surface area (Å²) in [5.74, 6) is -0.305. The molecule has 1 aromatic carbocycles. The van der Waals surface area contributed by atoms with E-state index in [-0.39, 0.29) is 29.8 Å². The number of alkyl halides is 3. The predicted molar refractivity (Wildman–Crippen MR) is 88.1 cm³/mol. The van der Waals surface area contributed by atoms with Crippen LogP contribution in [0.2, 0.25) is 0 Å². The molecule has 0 aliphatic heterocycles. The Morgan fingerprint density at radius 2 is 1.93 bits per heavy atom. The zero-order valence-corrected chi connectivity index (χ0v) is 14.3. The van der Waals surface area contributed by atoms with Gasteiger partial charge in [-0.3, -0.25) is 4.79 Å². The molecule has 2 aromatic rings. The lowest BCUT2D eigenvalue weighted by Gasteiger charge is -2.14. The van der Waals surface area contributed by atoms with E-state index in [1.807, 2.05) is 0 Å². The summed E-state index contributed by atoms with van der Waals surface area (Å²) in [5, 5.41) is 2.62. The fourth-order valence-corrected chi connectivity index (χ4v) is 2.26. The third-order valence-corrected chi connectivity index (χ3v) is 4.05. The van der Waals surface area contributed by atoms with Gasteiger partial charge in [0, 0.05) is 0 Å². The second kappa shape index (κ2) is 7.03. The lowest BCUT2D eigenvalue weighted by atomic mass is 10.2. The Morgan fingerprint density at radius 3 is 2.48 bits per heavy atom. The summed E-state index contributed by atoms with van der Waals surface area (Å²) in [4.78, 5) is 19.7. The van der Waals surface area contributed by atoms with Crippen LogP contribution in [-0.4, -0.2) is 28.5 Å². The van der Waals surface area contributed by atoms with Gasteiger partial charge in [0.15, 0.2) is 5.75 Å². The van der Waals surface area contributed by atoms with Crippen molar-refractivity contribution < 1.29 is 27.4 Å². The van der Waals surface area contributed by atoms with E-state index in [2.05, 4.69) is 15.3 Å². The summed E-state index contributed by atoms with van der Waals surface area (Å²) in [5.41, 5.74) is 3.98. The molecule has 1 fully saturated rings. The summed E-state index contributed by atoms with van der Waals surface area (Å²) in [6, 6.07) is 3.36. The molecule has 0 bridgehead atoms. The van der Waals surface area contributed by atoms with E-state index in [0.29, 0.717) is 12.8 Å². The van der Waals surface area contributed by atoms with Crippen molar-refractivity contribution in [1.29, 1.82) is 0 Å². The van der Waals surface area contributed by atoms with Gasteiger partial charge in [-0.15, -0.1) is 0 Å². The molecule has 1 saturated carbocycles. The fraction of sp³-hybridized carbons (Fsp3) is 0.353. The first-order chi connectivity index (χ1) is 12.7. The van der Waals surface area contributed by atoms with Crippen LogP contribution in [-0.2, 0) is 17.5 Å². The molecule has 10 heteroatoms. The maximum absolute atomic E-state index is 13.2. The van der Waals surface area contributed by atoms with E-state index < -0.39 is 23.0 Å². The van der Waals surface area contributed by atoms with Gasteiger partial charge in [-0.05, 0) is 31.0 Å². The highest BCUT2D eigenvalue weighted by Gasteiger charge is 2.45. The van der Waals surface area contributed by atoms with Crippen molar-refractivity contribution in [3.63, 3.8) is 0 Å². The SMILES string of the molecule is COc1ccc(Oc2cnc(CNC(=O)C3(N)CC3)nc2)c(C(F)(F)F)c1. The van der Waals surface area contributed by atoms with Crippen LogP contribution >= 0.6 is 0 Å². The molecule has 144 valence electrons. The Labute approximate surface area is 152 Å². The molecule has 3 N–H and O–H groups in total. The highest BCUT2D eigenvalue weighted by Crippen LogP contribution is 2.40. The normalized spacial score (nSPS) is 15.1. The number of benzene rings is 1. The second-order valence-corrected chi connectivity index (χ2v) is 6.14. The molecule has 1 heterocycles. The smallest absolute Gasteiger partial charge is 0.420 e. The first-order valence-corrected chi connectivity index (χ1v) is 8.02. The molecule has 0 radical (unpaired) electrons. The van der Waals surface area contributed by atoms with E-state index in [9.17, 15) is 18.0 Å². The minimum Gasteiger partial charge on any atom is -0.497 e. The minimum absolute atomic E-state index is 0.0261. The fourth-order valence-electron chi connectivity index (χ4n) is 2.26. The van der Waals surface area contributed by atoms with Crippen LogP contribution in [0.3, 0.4) is 0 Å². The molecule has 1 aromatic heterocycles. The van der Waals surface area contributed by atoms with Crippen molar-refractivity contribution in [2.24, 2.45) is 5.73 Å². The summed E-state index contributed by atoms with van der Waals surface area (Å²) < 4.78 is 49.7. The number of carbonyl (C=O) groups excluding carboxylic acids is 1. The number of rotatable bonds is 6. The molecule has 0 saturated heterocycles. The van der Waals surface area contributed by atoms with Gasteiger partial charge in [-0.25, -0.2) is 9.97 Å². The van der Waals surface area contributed by atoms with Crippen molar-refractivity contribution in [3.8, 4) is 17.2 Å². The van der Waals surface area contributed by atoms with Gasteiger partial charge >= 0.3 is 6.18 Å². The monoisotopic (exact) mass is 382 g/mol. The van der Waals surface area contributed by atoms with Crippen LogP contribution in [0.5, 0.6) is 17.2 Å². The predicted octanol–water partition coefficient (Wildman–Crippen LogP) is 2.40. The van der Waals surface area contributed by atoms with Crippen LogP contribution < -0.4 is 20.5 Å². The number of nitrogens with one attached hydrogen (secondary N) is 1. The van der Waals surface area contributed by atoms with Crippen LogP contribution in [0.4, 0.5) is 13.2 Å². The second-order valence-electron chi connectivity index (χ2n) is 6.14. The number of methoxy groups -OCH3 is 1. The molecule has 0 unspecified atom stereocenters. The van der Waals surface area contributed by atoms with Crippen LogP contribution in [0.25, 0.3) is 0 Å². The first kappa shape index (κ1) is 18.9. The summed E-state index contributed by atoms with van der Waals surface area (Å²) in [6.07, 6.45) is -0.885. The zero-order valence-electron chi connectivity index (χ0n) is 14.3. The molecule has 3 rings (SSSR count). The van der Waals surface area contributed by atoms with Crippen molar-refractivity contribution in [2.45, 2.75) is 31.1 Å². The number of nitrogens with two attached hydrogens (primary N) is 1. The van der Waals surface area contributed by atoms with Gasteiger partial charge in [0.25, 0.3) is 0 Å². The van der Waals surface area contributed by atoms with Gasteiger partial charge in [-0.1, -0.05) is 0 Å². The van der Waals surface area contributed by atoms with Gasteiger partial charge in [-0.2, -0.15) is 13.2 Å². The minimum atomic E-state index is -4.62. The average molecular weight is 382 g/mol. The summed E-state index contributed by atoms with van der Waals surface area (Å²) >= 11 is 0. The number of ether oxygens (including phenoxy) is 2. The van der Waals surface area contributed by atoms with Crippen molar-refractivity contribution in [3.05, 3.63) is 42.0 Å². The van der Waals surface area contributed by atoms with E-state index in [1.165, 1.54) is 25.6 Å². The van der Waals surface area contributed by atoms with Crippen LogP contribution in [0.1, 0.15) is 24.2 Å². The molecule has 0 spiro atoms. The van der Waals surface area contributed by atoms with Crippen molar-refractivity contribution >= 4 is 5.91 Å². The van der Waals surface area contributed by atoms with Gasteiger partial charge in [0.05, 0.1) is 31.6 Å². The van der Waals surface area contributed by atoms with Gasteiger partial charge in [0.2, 0.25) is 5.91 Å². The summed E-state index contributed by atoms with van der Waals surface area (Å²) in [7, 11) is 1.27. The van der Waals surface area contributed by atoms with Crippen LogP contribution in [0, 0.1) is 0 Å². The zero-order chi connectivity index (χ0) is 19.7. The molecule has 7 nitrogen and oxygen atoms in total. The van der Waals surface area contributed by atoms with E-state index in [4.69, 9.17) is 15.2 Å². The maximum atomic E-state index is 13.2. The third kappa shape index (κ3) is 4.45. The first-order valence-electron chi connectivity index (χ1n) is 8.02. The average Bonchev–Trinajstić information content (AvgIpc) is 3.39. The lowest BCUT2D eigenvalue weighted by Crippen LogP contribution is -2.42. The highest BCUT2D eigenvalue weighted by atomic mass is 19.4. The molecular weight excluding hydrogens is 365 g/mol. The highest BCUT2D eigenvalue weighted by molar-refractivity contribution is 5.88. The third-order valence-electron chi connectivity index (χ3n) is 4.05.